The number of aromatic amines is 1. The maximum Gasteiger partial charge on any atom is 0.471 e. The third-order valence-corrected chi connectivity index (χ3v) is 7.70. The molecule has 1 fully saturated rings. The second kappa shape index (κ2) is 12.8. The van der Waals surface area contributed by atoms with Gasteiger partial charge in [0.05, 0.1) is 26.9 Å². The molecule has 1 aliphatic rings. The maximum absolute atomic E-state index is 13.6. The predicted octanol–water partition coefficient (Wildman–Crippen LogP) is 3.00. The van der Waals surface area contributed by atoms with Crippen LogP contribution in [0.4, 0.5) is 13.2 Å². The van der Waals surface area contributed by atoms with E-state index < -0.39 is 60.0 Å². The molecular weight excluding hydrogens is 611 g/mol. The van der Waals surface area contributed by atoms with Gasteiger partial charge in [0, 0.05) is 18.7 Å². The van der Waals surface area contributed by atoms with Crippen molar-refractivity contribution in [1.82, 2.24) is 14.9 Å². The van der Waals surface area contributed by atoms with Crippen molar-refractivity contribution in [2.45, 2.75) is 36.3 Å². The first-order valence-corrected chi connectivity index (χ1v) is 14.0. The first-order chi connectivity index (χ1) is 22.0. The van der Waals surface area contributed by atoms with E-state index in [-0.39, 0.29) is 0 Å². The molecule has 242 valence electrons. The summed E-state index contributed by atoms with van der Waals surface area (Å²) in [6, 6.07) is 23.7. The van der Waals surface area contributed by atoms with Gasteiger partial charge < -0.3 is 29.4 Å². The molecule has 0 aliphatic carbocycles. The number of carbonyl (C=O) groups is 1. The number of H-pyrrole nitrogens is 1. The fourth-order valence-corrected chi connectivity index (χ4v) is 5.55. The van der Waals surface area contributed by atoms with Crippen molar-refractivity contribution in [3.63, 3.8) is 0 Å². The molecule has 0 saturated carbocycles. The number of benzene rings is 3. The van der Waals surface area contributed by atoms with Crippen LogP contribution in [0.25, 0.3) is 0 Å². The van der Waals surface area contributed by atoms with E-state index in [9.17, 15) is 32.7 Å². The quantitative estimate of drug-likeness (QED) is 0.225. The minimum atomic E-state index is -5.37. The highest BCUT2D eigenvalue weighted by Gasteiger charge is 2.56. The average molecular weight is 642 g/mol. The van der Waals surface area contributed by atoms with Crippen LogP contribution in [0.2, 0.25) is 0 Å². The molecule has 4 aromatic rings. The summed E-state index contributed by atoms with van der Waals surface area (Å²) in [5.41, 5.74) is -1.75. The van der Waals surface area contributed by atoms with Gasteiger partial charge in [0.15, 0.2) is 0 Å². The number of nitrogens with one attached hydrogen (secondary N) is 2. The molecule has 0 spiro atoms. The Morgan fingerprint density at radius 1 is 0.935 bits per heavy atom. The second-order valence-corrected chi connectivity index (χ2v) is 10.4. The highest BCUT2D eigenvalue weighted by Crippen LogP contribution is 2.46. The number of ether oxygens (including phenoxy) is 4. The van der Waals surface area contributed by atoms with Crippen molar-refractivity contribution in [3.8, 4) is 11.5 Å². The van der Waals surface area contributed by atoms with Crippen LogP contribution in [0.1, 0.15) is 23.1 Å². The van der Waals surface area contributed by atoms with Crippen LogP contribution in [0.3, 0.4) is 0 Å². The summed E-state index contributed by atoms with van der Waals surface area (Å²) < 4.78 is 64.9. The lowest BCUT2D eigenvalue weighted by Gasteiger charge is -2.39. The molecular formula is C32H30F3N3O8. The monoisotopic (exact) mass is 641 g/mol. The van der Waals surface area contributed by atoms with E-state index in [0.29, 0.717) is 32.8 Å². The molecule has 14 heteroatoms. The number of methoxy groups -OCH3 is 2. The molecule has 3 aromatic carbocycles. The number of hydrogen-bond donors (Lipinski definition) is 3. The zero-order chi connectivity index (χ0) is 33.1. The Hall–Kier alpha value is -4.92. The minimum Gasteiger partial charge on any atom is -0.497 e. The SMILES string of the molecule is COc1ccc(C(O[C@H]2C[C@](NC(=O)C(F)(F)F)(n3ccc(=O)[nH]c3=O)O[C@@H]2CO)(c2ccccc2)c2ccc(OC)cc2)cc1. The molecule has 0 bridgehead atoms. The van der Waals surface area contributed by atoms with Crippen molar-refractivity contribution in [3.05, 3.63) is 129 Å². The first kappa shape index (κ1) is 32.5. The Kier molecular flexibility index (Phi) is 9.06. The molecule has 1 amide bonds. The van der Waals surface area contributed by atoms with E-state index in [4.69, 9.17) is 18.9 Å². The third-order valence-electron chi connectivity index (χ3n) is 7.70. The van der Waals surface area contributed by atoms with Gasteiger partial charge in [0.1, 0.15) is 23.2 Å². The molecule has 2 heterocycles. The van der Waals surface area contributed by atoms with Crippen LogP contribution in [-0.2, 0) is 25.7 Å². The van der Waals surface area contributed by atoms with Crippen LogP contribution in [0.5, 0.6) is 11.5 Å². The summed E-state index contributed by atoms with van der Waals surface area (Å²) in [6.45, 7) is -0.775. The molecule has 0 radical (unpaired) electrons. The highest BCUT2D eigenvalue weighted by molar-refractivity contribution is 5.82. The molecule has 11 nitrogen and oxygen atoms in total. The van der Waals surface area contributed by atoms with E-state index in [1.165, 1.54) is 14.2 Å². The van der Waals surface area contributed by atoms with Crippen molar-refractivity contribution in [2.75, 3.05) is 20.8 Å². The van der Waals surface area contributed by atoms with Gasteiger partial charge in [0.2, 0.25) is 5.85 Å². The minimum absolute atomic E-state index is 0.546. The van der Waals surface area contributed by atoms with Crippen LogP contribution in [0, 0.1) is 0 Å². The number of aromatic nitrogens is 2. The van der Waals surface area contributed by atoms with E-state index >= 15 is 0 Å². The number of aliphatic hydroxyl groups excluding tert-OH is 1. The number of alkyl halides is 3. The lowest BCUT2D eigenvalue weighted by molar-refractivity contribution is -0.194. The largest absolute Gasteiger partial charge is 0.497 e. The van der Waals surface area contributed by atoms with Crippen LogP contribution in [0.15, 0.2) is 101 Å². The Labute approximate surface area is 260 Å². The van der Waals surface area contributed by atoms with Gasteiger partial charge in [-0.15, -0.1) is 0 Å². The first-order valence-electron chi connectivity index (χ1n) is 14.0. The fraction of sp³-hybridized carbons (Fsp3) is 0.281. The van der Waals surface area contributed by atoms with Crippen LogP contribution < -0.4 is 26.0 Å². The van der Waals surface area contributed by atoms with Gasteiger partial charge in [-0.05, 0) is 41.0 Å². The molecule has 3 atom stereocenters. The normalized spacial score (nSPS) is 19.9. The zero-order valence-corrected chi connectivity index (χ0v) is 24.6. The molecule has 0 unspecified atom stereocenters. The number of amides is 1. The average Bonchev–Trinajstić information content (AvgIpc) is 3.41. The highest BCUT2D eigenvalue weighted by atomic mass is 19.4. The van der Waals surface area contributed by atoms with Gasteiger partial charge in [-0.3, -0.25) is 19.1 Å². The molecule has 46 heavy (non-hydrogen) atoms. The van der Waals surface area contributed by atoms with E-state index in [0.717, 1.165) is 12.3 Å². The Morgan fingerprint density at radius 3 is 1.96 bits per heavy atom. The lowest BCUT2D eigenvalue weighted by Crippen LogP contribution is -2.58. The molecule has 1 aliphatic heterocycles. The smallest absolute Gasteiger partial charge is 0.471 e. The zero-order valence-electron chi connectivity index (χ0n) is 24.6. The number of hydrogen-bond acceptors (Lipinski definition) is 8. The Morgan fingerprint density at radius 2 is 1.48 bits per heavy atom. The fourth-order valence-electron chi connectivity index (χ4n) is 5.55. The summed E-state index contributed by atoms with van der Waals surface area (Å²) in [4.78, 5) is 39.0. The lowest BCUT2D eigenvalue weighted by atomic mass is 9.79. The number of halogens is 3. The third kappa shape index (κ3) is 6.14. The van der Waals surface area contributed by atoms with Crippen molar-refractivity contribution in [1.29, 1.82) is 0 Å². The van der Waals surface area contributed by atoms with Crippen molar-refractivity contribution in [2.24, 2.45) is 0 Å². The predicted molar refractivity (Wildman–Crippen MR) is 157 cm³/mol. The van der Waals surface area contributed by atoms with E-state index in [2.05, 4.69) is 0 Å². The number of carbonyl (C=O) groups excluding carboxylic acids is 1. The summed E-state index contributed by atoms with van der Waals surface area (Å²) in [5.74, 6) is -3.84. The van der Waals surface area contributed by atoms with Crippen molar-refractivity contribution < 1.29 is 42.0 Å². The number of aliphatic hydroxyl groups is 1. The molecule has 5 rings (SSSR count). The topological polar surface area (TPSA) is 141 Å². The number of nitrogens with zero attached hydrogens (tertiary/aromatic N) is 1. The van der Waals surface area contributed by atoms with Gasteiger partial charge in [-0.25, -0.2) is 4.79 Å². The molecule has 1 saturated heterocycles. The van der Waals surface area contributed by atoms with E-state index in [1.807, 2.05) is 4.98 Å². The van der Waals surface area contributed by atoms with Crippen LogP contribution >= 0.6 is 0 Å². The molecule has 3 N–H and O–H groups in total. The standard InChI is InChI=1S/C32H30F3N3O8/c1-43-23-12-8-21(9-13-23)31(20-6-4-3-5-7-20,22-10-14-24(44-2)15-11-22)46-25-18-30(45-26(25)19-39,37-28(41)32(33,34)35)38-17-16-27(40)36-29(38)42/h3-17,25-26,39H,18-19H2,1-2H3,(H,37,41)(H,36,40,42)/t25-,26+,30-/m0/s1. The van der Waals surface area contributed by atoms with Gasteiger partial charge in [-0.2, -0.15) is 13.2 Å². The summed E-state index contributed by atoms with van der Waals surface area (Å²) in [7, 11) is 3.02. The van der Waals surface area contributed by atoms with Gasteiger partial charge in [-0.1, -0.05) is 54.6 Å². The Balaban J connectivity index is 1.71. The van der Waals surface area contributed by atoms with Crippen LogP contribution in [-0.4, -0.2) is 59.8 Å². The molecule has 1 aromatic heterocycles. The Bertz CT molecular complexity index is 1730. The maximum atomic E-state index is 13.6. The van der Waals surface area contributed by atoms with Crippen molar-refractivity contribution >= 4 is 5.91 Å². The summed E-state index contributed by atoms with van der Waals surface area (Å²) in [5, 5.41) is 12.2. The summed E-state index contributed by atoms with van der Waals surface area (Å²) in [6.07, 6.45) is -7.69. The van der Waals surface area contributed by atoms with Gasteiger partial charge >= 0.3 is 17.8 Å². The number of rotatable bonds is 10. The second-order valence-electron chi connectivity index (χ2n) is 10.4. The van der Waals surface area contributed by atoms with E-state index in [1.54, 1.807) is 84.2 Å². The van der Waals surface area contributed by atoms with Gasteiger partial charge in [0.25, 0.3) is 5.56 Å². The summed E-state index contributed by atoms with van der Waals surface area (Å²) >= 11 is 0.